The van der Waals surface area contributed by atoms with Gasteiger partial charge in [-0.1, -0.05) is 0 Å². The lowest BCUT2D eigenvalue weighted by Crippen LogP contribution is -2.07. The van der Waals surface area contributed by atoms with Gasteiger partial charge >= 0.3 is 0 Å². The lowest BCUT2D eigenvalue weighted by molar-refractivity contribution is 0.367. The molecule has 1 unspecified atom stereocenters. The minimum absolute atomic E-state index is 0.0337. The van der Waals surface area contributed by atoms with E-state index >= 15 is 0 Å². The molecule has 1 aromatic rings. The van der Waals surface area contributed by atoms with Gasteiger partial charge in [-0.3, -0.25) is 0 Å². The van der Waals surface area contributed by atoms with Gasteiger partial charge in [0.15, 0.2) is 0 Å². The lowest BCUT2D eigenvalue weighted by atomic mass is 10.1. The maximum Gasteiger partial charge on any atom is 0.216 e. The number of nitrogens with two attached hydrogens (primary N) is 1. The van der Waals surface area contributed by atoms with Crippen molar-refractivity contribution in [3.05, 3.63) is 11.3 Å². The molecule has 0 aliphatic carbocycles. The van der Waals surface area contributed by atoms with Gasteiger partial charge in [0.05, 0.1) is 18.4 Å². The fourth-order valence-corrected chi connectivity index (χ4v) is 1.42. The zero-order valence-corrected chi connectivity index (χ0v) is 7.96. The van der Waals surface area contributed by atoms with Gasteiger partial charge < -0.3 is 10.5 Å². The summed E-state index contributed by atoms with van der Waals surface area (Å²) in [5, 5.41) is 4.21. The predicted octanol–water partition coefficient (Wildman–Crippen LogP) is 0.757. The van der Waals surface area contributed by atoms with Crippen LogP contribution < -0.4 is 10.5 Å². The molecule has 4 nitrogen and oxygen atoms in total. The molecule has 0 aliphatic rings. The third kappa shape index (κ3) is 1.30. The molecule has 0 aromatic carbocycles. The predicted molar refractivity (Wildman–Crippen MR) is 47.1 cm³/mol. The number of aromatic nitrogens is 2. The first kappa shape index (κ1) is 9.06. The van der Waals surface area contributed by atoms with E-state index in [1.54, 1.807) is 11.8 Å². The highest BCUT2D eigenvalue weighted by Gasteiger charge is 2.16. The van der Waals surface area contributed by atoms with Crippen LogP contribution in [0.3, 0.4) is 0 Å². The summed E-state index contributed by atoms with van der Waals surface area (Å²) < 4.78 is 6.88. The molecule has 0 radical (unpaired) electrons. The smallest absolute Gasteiger partial charge is 0.216 e. The average molecular weight is 169 g/mol. The molecule has 0 aliphatic heterocycles. The van der Waals surface area contributed by atoms with Gasteiger partial charge in [-0.2, -0.15) is 5.10 Å². The number of hydrogen-bond acceptors (Lipinski definition) is 3. The quantitative estimate of drug-likeness (QED) is 0.711. The van der Waals surface area contributed by atoms with Crippen LogP contribution in [-0.4, -0.2) is 16.9 Å². The maximum atomic E-state index is 5.77. The highest BCUT2D eigenvalue weighted by molar-refractivity contribution is 5.33. The van der Waals surface area contributed by atoms with E-state index in [-0.39, 0.29) is 6.04 Å². The van der Waals surface area contributed by atoms with Crippen LogP contribution in [0.5, 0.6) is 5.88 Å². The van der Waals surface area contributed by atoms with Crippen molar-refractivity contribution < 1.29 is 4.74 Å². The van der Waals surface area contributed by atoms with Crippen LogP contribution in [0.1, 0.15) is 24.2 Å². The molecule has 0 amide bonds. The fourth-order valence-electron chi connectivity index (χ4n) is 1.42. The lowest BCUT2D eigenvalue weighted by Gasteiger charge is -2.07. The Hall–Kier alpha value is -1.03. The molecule has 68 valence electrons. The number of rotatable bonds is 2. The van der Waals surface area contributed by atoms with E-state index in [4.69, 9.17) is 10.5 Å². The second-order valence-electron chi connectivity index (χ2n) is 2.92. The number of aryl methyl sites for hydroxylation is 2. The highest BCUT2D eigenvalue weighted by Crippen LogP contribution is 2.25. The van der Waals surface area contributed by atoms with Crippen LogP contribution in [0, 0.1) is 6.92 Å². The van der Waals surface area contributed by atoms with Crippen LogP contribution in [0.15, 0.2) is 0 Å². The molecular formula is C8H15N3O. The standard InChI is InChI=1S/C8H15N3O/c1-5(9)7-6(2)10-11(3)8(7)12-4/h5H,9H2,1-4H3. The summed E-state index contributed by atoms with van der Waals surface area (Å²) in [6, 6.07) is -0.0337. The molecule has 1 atom stereocenters. The molecule has 1 rings (SSSR count). The van der Waals surface area contributed by atoms with E-state index in [9.17, 15) is 0 Å². The molecule has 0 fully saturated rings. The Bertz CT molecular complexity index is 278. The van der Waals surface area contributed by atoms with E-state index in [1.165, 1.54) is 0 Å². The van der Waals surface area contributed by atoms with Gasteiger partial charge in [0, 0.05) is 13.1 Å². The van der Waals surface area contributed by atoms with Gasteiger partial charge in [0.1, 0.15) is 0 Å². The summed E-state index contributed by atoms with van der Waals surface area (Å²) in [7, 11) is 3.47. The average Bonchev–Trinajstić information content (AvgIpc) is 2.24. The summed E-state index contributed by atoms with van der Waals surface area (Å²) in [5.74, 6) is 0.752. The first-order valence-corrected chi connectivity index (χ1v) is 3.91. The Morgan fingerprint density at radius 2 is 2.17 bits per heavy atom. The molecule has 0 bridgehead atoms. The van der Waals surface area contributed by atoms with Crippen molar-refractivity contribution in [2.24, 2.45) is 12.8 Å². The summed E-state index contributed by atoms with van der Waals surface area (Å²) in [5.41, 5.74) is 7.69. The van der Waals surface area contributed by atoms with E-state index in [0.29, 0.717) is 0 Å². The SMILES string of the molecule is COc1c(C(C)N)c(C)nn1C. The summed E-state index contributed by atoms with van der Waals surface area (Å²) in [6.07, 6.45) is 0. The van der Waals surface area contributed by atoms with Crippen molar-refractivity contribution in [1.29, 1.82) is 0 Å². The van der Waals surface area contributed by atoms with Crippen LogP contribution in [-0.2, 0) is 7.05 Å². The first-order valence-electron chi connectivity index (χ1n) is 3.91. The summed E-state index contributed by atoms with van der Waals surface area (Å²) >= 11 is 0. The molecule has 0 saturated heterocycles. The Labute approximate surface area is 72.3 Å². The van der Waals surface area contributed by atoms with Crippen molar-refractivity contribution in [3.8, 4) is 5.88 Å². The zero-order chi connectivity index (χ0) is 9.30. The van der Waals surface area contributed by atoms with Gasteiger partial charge in [-0.25, -0.2) is 4.68 Å². The monoisotopic (exact) mass is 169 g/mol. The molecule has 12 heavy (non-hydrogen) atoms. The Kier molecular flexibility index (Phi) is 2.38. The topological polar surface area (TPSA) is 53.1 Å². The van der Waals surface area contributed by atoms with Crippen molar-refractivity contribution in [2.45, 2.75) is 19.9 Å². The Morgan fingerprint density at radius 3 is 2.50 bits per heavy atom. The Morgan fingerprint density at radius 1 is 1.58 bits per heavy atom. The van der Waals surface area contributed by atoms with Crippen molar-refractivity contribution in [1.82, 2.24) is 9.78 Å². The van der Waals surface area contributed by atoms with Gasteiger partial charge in [0.2, 0.25) is 5.88 Å². The molecule has 1 aromatic heterocycles. The van der Waals surface area contributed by atoms with E-state index in [2.05, 4.69) is 5.10 Å². The van der Waals surface area contributed by atoms with Gasteiger partial charge in [-0.15, -0.1) is 0 Å². The van der Waals surface area contributed by atoms with Crippen molar-refractivity contribution >= 4 is 0 Å². The second-order valence-corrected chi connectivity index (χ2v) is 2.92. The zero-order valence-electron chi connectivity index (χ0n) is 7.96. The number of methoxy groups -OCH3 is 1. The summed E-state index contributed by atoms with van der Waals surface area (Å²) in [6.45, 7) is 3.85. The largest absolute Gasteiger partial charge is 0.481 e. The van der Waals surface area contributed by atoms with Crippen LogP contribution in [0.25, 0.3) is 0 Å². The minimum atomic E-state index is -0.0337. The molecule has 0 saturated carbocycles. The van der Waals surface area contributed by atoms with Gasteiger partial charge in [-0.05, 0) is 13.8 Å². The molecular weight excluding hydrogens is 154 g/mol. The molecule has 2 N–H and O–H groups in total. The number of ether oxygens (including phenoxy) is 1. The van der Waals surface area contributed by atoms with E-state index in [0.717, 1.165) is 17.1 Å². The van der Waals surface area contributed by atoms with Crippen LogP contribution in [0.2, 0.25) is 0 Å². The normalized spacial score (nSPS) is 13.1. The van der Waals surface area contributed by atoms with Gasteiger partial charge in [0.25, 0.3) is 0 Å². The molecule has 1 heterocycles. The molecule has 4 heteroatoms. The Balaban J connectivity index is 3.23. The maximum absolute atomic E-state index is 5.77. The second kappa shape index (κ2) is 3.15. The number of nitrogens with zero attached hydrogens (tertiary/aromatic N) is 2. The summed E-state index contributed by atoms with van der Waals surface area (Å²) in [4.78, 5) is 0. The van der Waals surface area contributed by atoms with Crippen molar-refractivity contribution in [3.63, 3.8) is 0 Å². The van der Waals surface area contributed by atoms with Crippen LogP contribution in [0.4, 0.5) is 0 Å². The van der Waals surface area contributed by atoms with E-state index in [1.807, 2.05) is 20.9 Å². The van der Waals surface area contributed by atoms with Crippen molar-refractivity contribution in [2.75, 3.05) is 7.11 Å². The van der Waals surface area contributed by atoms with E-state index < -0.39 is 0 Å². The van der Waals surface area contributed by atoms with Crippen LogP contribution >= 0.6 is 0 Å². The third-order valence-corrected chi connectivity index (χ3v) is 1.86. The third-order valence-electron chi connectivity index (χ3n) is 1.86. The highest BCUT2D eigenvalue weighted by atomic mass is 16.5. The number of hydrogen-bond donors (Lipinski definition) is 1. The first-order chi connectivity index (χ1) is 5.57. The molecule has 0 spiro atoms. The minimum Gasteiger partial charge on any atom is -0.481 e. The fraction of sp³-hybridized carbons (Fsp3) is 0.625.